The van der Waals surface area contributed by atoms with Crippen LogP contribution in [0, 0.1) is 0 Å². The predicted octanol–water partition coefficient (Wildman–Crippen LogP) is 7.66. The molecule has 0 aliphatic heterocycles. The molecule has 0 atom stereocenters. The van der Waals surface area contributed by atoms with Crippen molar-refractivity contribution in [3.63, 3.8) is 0 Å². The average Bonchev–Trinajstić information content (AvgIpc) is 2.91. The zero-order chi connectivity index (χ0) is 25.1. The third-order valence-corrected chi connectivity index (χ3v) is 5.99. The molecule has 5 rings (SSSR count). The third-order valence-electron chi connectivity index (χ3n) is 5.99. The zero-order valence-corrected chi connectivity index (χ0v) is 19.2. The van der Waals surface area contributed by atoms with Crippen molar-refractivity contribution in [1.29, 1.82) is 0 Å². The van der Waals surface area contributed by atoms with Gasteiger partial charge in [-0.05, 0) is 40.5 Å². The standard InChI is InChI=1S/C30H22F3NO2/c31-30(32,33)27-14-6-13-25-28(26(17-34-29(25)27)22-9-2-1-3-10-22)23-11-5-12-24(16-23)36-19-21-8-4-7-20(15-21)18-35/h1-17,35H,18-19H2. The number of hydrogen-bond acceptors (Lipinski definition) is 3. The van der Waals surface area contributed by atoms with Crippen molar-refractivity contribution < 1.29 is 23.0 Å². The van der Waals surface area contributed by atoms with Crippen molar-refractivity contribution in [3.05, 3.63) is 120 Å². The molecular formula is C30H22F3NO2. The van der Waals surface area contributed by atoms with E-state index in [0.29, 0.717) is 16.7 Å². The van der Waals surface area contributed by atoms with Crippen molar-refractivity contribution in [2.75, 3.05) is 0 Å². The number of fused-ring (bicyclic) bond motifs is 1. The molecule has 0 saturated carbocycles. The van der Waals surface area contributed by atoms with E-state index in [9.17, 15) is 18.3 Å². The zero-order valence-electron chi connectivity index (χ0n) is 19.2. The van der Waals surface area contributed by atoms with Gasteiger partial charge in [-0.15, -0.1) is 0 Å². The lowest BCUT2D eigenvalue weighted by molar-refractivity contribution is -0.136. The fourth-order valence-corrected chi connectivity index (χ4v) is 4.33. The number of pyridine rings is 1. The molecule has 0 radical (unpaired) electrons. The van der Waals surface area contributed by atoms with Crippen molar-refractivity contribution >= 4 is 10.9 Å². The average molecular weight is 486 g/mol. The lowest BCUT2D eigenvalue weighted by atomic mass is 9.91. The van der Waals surface area contributed by atoms with Gasteiger partial charge in [0.05, 0.1) is 17.7 Å². The number of rotatable bonds is 6. The fourth-order valence-electron chi connectivity index (χ4n) is 4.33. The molecule has 1 N–H and O–H groups in total. The van der Waals surface area contributed by atoms with Crippen LogP contribution in [0.1, 0.15) is 16.7 Å². The molecule has 0 saturated heterocycles. The van der Waals surface area contributed by atoms with Gasteiger partial charge in [-0.1, -0.05) is 78.9 Å². The minimum atomic E-state index is -4.52. The van der Waals surface area contributed by atoms with E-state index in [1.165, 1.54) is 12.3 Å². The quantitative estimate of drug-likeness (QED) is 0.268. The SMILES string of the molecule is OCc1cccc(COc2cccc(-c3c(-c4ccccc4)cnc4c(C(F)(F)F)cccc34)c2)c1. The summed E-state index contributed by atoms with van der Waals surface area (Å²) < 4.78 is 47.4. The first-order valence-corrected chi connectivity index (χ1v) is 11.4. The molecule has 0 amide bonds. The van der Waals surface area contributed by atoms with E-state index in [2.05, 4.69) is 4.98 Å². The van der Waals surface area contributed by atoms with Crippen molar-refractivity contribution in [1.82, 2.24) is 4.98 Å². The first-order chi connectivity index (χ1) is 17.4. The number of alkyl halides is 3. The van der Waals surface area contributed by atoms with Crippen LogP contribution < -0.4 is 4.74 Å². The molecule has 0 aliphatic carbocycles. The highest BCUT2D eigenvalue weighted by molar-refractivity contribution is 6.03. The summed E-state index contributed by atoms with van der Waals surface area (Å²) in [6.45, 7) is 0.235. The van der Waals surface area contributed by atoms with Gasteiger partial charge in [-0.3, -0.25) is 4.98 Å². The number of benzene rings is 4. The summed E-state index contributed by atoms with van der Waals surface area (Å²) in [6.07, 6.45) is -3.01. The van der Waals surface area contributed by atoms with Crippen molar-refractivity contribution in [3.8, 4) is 28.0 Å². The van der Waals surface area contributed by atoms with Gasteiger partial charge in [0, 0.05) is 22.7 Å². The minimum absolute atomic E-state index is 0.0549. The molecule has 1 aromatic heterocycles. The van der Waals surface area contributed by atoms with E-state index >= 15 is 0 Å². The lowest BCUT2D eigenvalue weighted by Gasteiger charge is -2.17. The molecule has 180 valence electrons. The van der Waals surface area contributed by atoms with Gasteiger partial charge in [0.2, 0.25) is 0 Å². The number of hydrogen-bond donors (Lipinski definition) is 1. The minimum Gasteiger partial charge on any atom is -0.489 e. The molecule has 0 spiro atoms. The van der Waals surface area contributed by atoms with E-state index < -0.39 is 11.7 Å². The van der Waals surface area contributed by atoms with Crippen LogP contribution in [0.15, 0.2) is 103 Å². The summed E-state index contributed by atoms with van der Waals surface area (Å²) in [5.41, 5.74) is 3.81. The second kappa shape index (κ2) is 9.84. The Balaban J connectivity index is 1.62. The molecule has 0 aliphatic rings. The highest BCUT2D eigenvalue weighted by atomic mass is 19.4. The molecule has 5 aromatic rings. The Morgan fingerprint density at radius 1 is 0.750 bits per heavy atom. The van der Waals surface area contributed by atoms with Crippen LogP contribution >= 0.6 is 0 Å². The third kappa shape index (κ3) is 4.81. The monoisotopic (exact) mass is 485 g/mol. The van der Waals surface area contributed by atoms with E-state index in [1.54, 1.807) is 6.07 Å². The largest absolute Gasteiger partial charge is 0.489 e. The molecule has 6 heteroatoms. The maximum Gasteiger partial charge on any atom is 0.418 e. The van der Waals surface area contributed by atoms with E-state index in [4.69, 9.17) is 4.74 Å². The first-order valence-electron chi connectivity index (χ1n) is 11.4. The van der Waals surface area contributed by atoms with Crippen molar-refractivity contribution in [2.24, 2.45) is 0 Å². The summed E-state index contributed by atoms with van der Waals surface area (Å²) in [7, 11) is 0. The summed E-state index contributed by atoms with van der Waals surface area (Å²) in [5, 5.41) is 9.79. The van der Waals surface area contributed by atoms with Crippen LogP contribution in [0.25, 0.3) is 33.2 Å². The Hall–Kier alpha value is -4.16. The fraction of sp³-hybridized carbons (Fsp3) is 0.100. The van der Waals surface area contributed by atoms with Crippen LogP contribution in [0.5, 0.6) is 5.75 Å². The molecule has 1 heterocycles. The Morgan fingerprint density at radius 3 is 2.25 bits per heavy atom. The number of aliphatic hydroxyl groups is 1. The number of aromatic nitrogens is 1. The summed E-state index contributed by atoms with van der Waals surface area (Å²) in [6, 6.07) is 28.4. The first kappa shape index (κ1) is 23.6. The van der Waals surface area contributed by atoms with Crippen LogP contribution in [0.3, 0.4) is 0 Å². The Bertz CT molecular complexity index is 1510. The number of aliphatic hydroxyl groups excluding tert-OH is 1. The highest BCUT2D eigenvalue weighted by Crippen LogP contribution is 2.42. The smallest absolute Gasteiger partial charge is 0.418 e. The van der Waals surface area contributed by atoms with Crippen LogP contribution in [-0.2, 0) is 19.4 Å². The van der Waals surface area contributed by atoms with Crippen LogP contribution in [0.2, 0.25) is 0 Å². The molecule has 0 fully saturated rings. The normalized spacial score (nSPS) is 11.6. The number of nitrogens with zero attached hydrogens (tertiary/aromatic N) is 1. The van der Waals surface area contributed by atoms with Gasteiger partial charge < -0.3 is 9.84 Å². The molecule has 4 aromatic carbocycles. The Labute approximate surface area is 206 Å². The number of para-hydroxylation sites is 1. The summed E-state index contributed by atoms with van der Waals surface area (Å²) in [4.78, 5) is 4.25. The second-order valence-electron chi connectivity index (χ2n) is 8.41. The Kier molecular flexibility index (Phi) is 6.44. The molecule has 3 nitrogen and oxygen atoms in total. The molecule has 0 unspecified atom stereocenters. The van der Waals surface area contributed by atoms with Gasteiger partial charge in [0.15, 0.2) is 0 Å². The highest BCUT2D eigenvalue weighted by Gasteiger charge is 2.33. The summed E-state index contributed by atoms with van der Waals surface area (Å²) in [5.74, 6) is 0.581. The van der Waals surface area contributed by atoms with Crippen LogP contribution in [-0.4, -0.2) is 10.1 Å². The maximum atomic E-state index is 13.8. The number of ether oxygens (including phenoxy) is 1. The molecule has 36 heavy (non-hydrogen) atoms. The molecule has 0 bridgehead atoms. The van der Waals surface area contributed by atoms with Crippen LogP contribution in [0.4, 0.5) is 13.2 Å². The molecular weight excluding hydrogens is 463 g/mol. The van der Waals surface area contributed by atoms with Gasteiger partial charge in [-0.25, -0.2) is 0 Å². The van der Waals surface area contributed by atoms with Gasteiger partial charge in [0.1, 0.15) is 12.4 Å². The van der Waals surface area contributed by atoms with E-state index in [1.807, 2.05) is 78.9 Å². The Morgan fingerprint density at radius 2 is 1.47 bits per heavy atom. The topological polar surface area (TPSA) is 42.4 Å². The van der Waals surface area contributed by atoms with Gasteiger partial charge >= 0.3 is 6.18 Å². The van der Waals surface area contributed by atoms with Gasteiger partial charge in [0.25, 0.3) is 0 Å². The van der Waals surface area contributed by atoms with Gasteiger partial charge in [-0.2, -0.15) is 13.2 Å². The maximum absolute atomic E-state index is 13.8. The predicted molar refractivity (Wildman–Crippen MR) is 134 cm³/mol. The summed E-state index contributed by atoms with van der Waals surface area (Å²) >= 11 is 0. The lowest BCUT2D eigenvalue weighted by Crippen LogP contribution is -2.07. The van der Waals surface area contributed by atoms with E-state index in [-0.39, 0.29) is 18.7 Å². The van der Waals surface area contributed by atoms with E-state index in [0.717, 1.165) is 33.9 Å². The van der Waals surface area contributed by atoms with Crippen molar-refractivity contribution in [2.45, 2.75) is 19.4 Å². The number of halogens is 3. The second-order valence-corrected chi connectivity index (χ2v) is 8.41.